The zero-order chi connectivity index (χ0) is 25.2. The number of halogens is 2. The van der Waals surface area contributed by atoms with Crippen LogP contribution in [0.2, 0.25) is 0 Å². The van der Waals surface area contributed by atoms with Crippen molar-refractivity contribution in [3.8, 4) is 0 Å². The summed E-state index contributed by atoms with van der Waals surface area (Å²) in [5.41, 5.74) is -3.05. The summed E-state index contributed by atoms with van der Waals surface area (Å²) in [7, 11) is -2.80. The van der Waals surface area contributed by atoms with E-state index in [2.05, 4.69) is 0 Å². The average molecular weight is 481 g/mol. The molecule has 0 aromatic carbocycles. The second-order valence-electron chi connectivity index (χ2n) is 12.4. The molecule has 2 aliphatic rings. The number of Topliss-reactive ketones (excluding diaryl/α,β-unsaturated/α-hetero) is 1. The zero-order valence-electron chi connectivity index (χ0n) is 21.4. The van der Waals surface area contributed by atoms with E-state index in [1.54, 1.807) is 13.8 Å². The van der Waals surface area contributed by atoms with Crippen LogP contribution in [0.4, 0.5) is 8.78 Å². The largest absolute Gasteiger partial charge is 0.383 e. The lowest BCUT2D eigenvalue weighted by atomic mass is 9.57. The molecule has 0 saturated heterocycles. The fraction of sp³-hybridized carbons (Fsp3) is 0.960. The highest BCUT2D eigenvalue weighted by Crippen LogP contribution is 2.55. The van der Waals surface area contributed by atoms with Crippen LogP contribution < -0.4 is 0 Å². The molecule has 0 radical (unpaired) electrons. The maximum Gasteiger partial charge on any atom is 0.333 e. The third-order valence-corrected chi connectivity index (χ3v) is 9.20. The van der Waals surface area contributed by atoms with Gasteiger partial charge in [0.25, 0.3) is 0 Å². The standard InChI is InChI=1S/C15H26F2O2.C10H20O2S/c1-10(2)11(18)15(16,17)14(19)8-12(3,4)7-13(5,6)9-14;1-9(2)13(11,12)8-10-6-4-3-5-7-10/h10,19H,7-9H2,1-6H3;9-10H,3-8H2,1-2H3. The van der Waals surface area contributed by atoms with E-state index >= 15 is 0 Å². The van der Waals surface area contributed by atoms with Crippen molar-refractivity contribution in [1.82, 2.24) is 0 Å². The van der Waals surface area contributed by atoms with Crippen molar-refractivity contribution in [2.24, 2.45) is 22.7 Å². The van der Waals surface area contributed by atoms with Crippen LogP contribution in [0.15, 0.2) is 0 Å². The van der Waals surface area contributed by atoms with Crippen molar-refractivity contribution in [2.75, 3.05) is 5.75 Å². The molecule has 0 atom stereocenters. The van der Waals surface area contributed by atoms with E-state index in [4.69, 9.17) is 0 Å². The van der Waals surface area contributed by atoms with Gasteiger partial charge < -0.3 is 5.11 Å². The SMILES string of the molecule is CC(C)C(=O)C(F)(F)C1(O)CC(C)(C)CC(C)(C)C1.CC(C)S(=O)(=O)CC1CCCCC1. The van der Waals surface area contributed by atoms with Crippen molar-refractivity contribution < 1.29 is 27.1 Å². The second kappa shape index (κ2) is 10.4. The highest BCUT2D eigenvalue weighted by atomic mass is 32.2. The van der Waals surface area contributed by atoms with Gasteiger partial charge in [-0.05, 0) is 62.7 Å². The van der Waals surface area contributed by atoms with Gasteiger partial charge in [-0.2, -0.15) is 8.78 Å². The Kier molecular flexibility index (Phi) is 9.55. The molecule has 0 spiro atoms. The summed E-state index contributed by atoms with van der Waals surface area (Å²) in [5, 5.41) is 10.3. The first-order valence-electron chi connectivity index (χ1n) is 12.1. The number of ketones is 1. The van der Waals surface area contributed by atoms with E-state index in [1.165, 1.54) is 33.1 Å². The molecular formula is C25H46F2O4S. The fourth-order valence-corrected chi connectivity index (χ4v) is 7.13. The van der Waals surface area contributed by atoms with Crippen molar-refractivity contribution in [3.63, 3.8) is 0 Å². The summed E-state index contributed by atoms with van der Waals surface area (Å²) in [6.45, 7) is 13.9. The first kappa shape index (κ1) is 29.5. The average Bonchev–Trinajstić information content (AvgIpc) is 2.58. The van der Waals surface area contributed by atoms with Gasteiger partial charge in [0.05, 0.1) is 11.0 Å². The Morgan fingerprint density at radius 2 is 1.38 bits per heavy atom. The van der Waals surface area contributed by atoms with Gasteiger partial charge in [0.2, 0.25) is 5.78 Å². The molecule has 7 heteroatoms. The Bertz CT molecular complexity index is 717. The molecule has 2 fully saturated rings. The number of aliphatic hydroxyl groups is 1. The van der Waals surface area contributed by atoms with Crippen LogP contribution in [0.5, 0.6) is 0 Å². The van der Waals surface area contributed by atoms with Gasteiger partial charge in [-0.25, -0.2) is 8.42 Å². The minimum Gasteiger partial charge on any atom is -0.383 e. The molecule has 32 heavy (non-hydrogen) atoms. The molecule has 2 aliphatic carbocycles. The number of alkyl halides is 2. The lowest BCUT2D eigenvalue weighted by Crippen LogP contribution is -2.60. The monoisotopic (exact) mass is 480 g/mol. The van der Waals surface area contributed by atoms with Crippen LogP contribution in [-0.4, -0.2) is 41.8 Å². The Balaban J connectivity index is 0.000000343. The van der Waals surface area contributed by atoms with Gasteiger partial charge in [0, 0.05) is 5.92 Å². The van der Waals surface area contributed by atoms with E-state index in [9.17, 15) is 27.1 Å². The minimum atomic E-state index is -3.68. The van der Waals surface area contributed by atoms with Crippen LogP contribution >= 0.6 is 0 Å². The first-order valence-corrected chi connectivity index (χ1v) is 13.8. The van der Waals surface area contributed by atoms with E-state index in [0.29, 0.717) is 11.7 Å². The van der Waals surface area contributed by atoms with E-state index in [0.717, 1.165) is 19.3 Å². The normalized spacial score (nSPS) is 23.5. The molecule has 190 valence electrons. The predicted octanol–water partition coefficient (Wildman–Crippen LogP) is 6.20. The van der Waals surface area contributed by atoms with Gasteiger partial charge in [0.1, 0.15) is 5.60 Å². The van der Waals surface area contributed by atoms with Crippen LogP contribution in [-0.2, 0) is 14.6 Å². The fourth-order valence-electron chi connectivity index (χ4n) is 5.76. The maximum atomic E-state index is 14.4. The van der Waals surface area contributed by atoms with E-state index in [-0.39, 0.29) is 18.1 Å². The van der Waals surface area contributed by atoms with Crippen LogP contribution in [0.25, 0.3) is 0 Å². The molecule has 0 heterocycles. The zero-order valence-corrected chi connectivity index (χ0v) is 22.2. The van der Waals surface area contributed by atoms with Gasteiger partial charge in [-0.1, -0.05) is 60.8 Å². The third kappa shape index (κ3) is 7.75. The van der Waals surface area contributed by atoms with Crippen molar-refractivity contribution in [1.29, 1.82) is 0 Å². The molecule has 0 aliphatic heterocycles. The second-order valence-corrected chi connectivity index (χ2v) is 15.0. The molecule has 4 nitrogen and oxygen atoms in total. The Morgan fingerprint density at radius 3 is 1.75 bits per heavy atom. The molecule has 2 saturated carbocycles. The van der Waals surface area contributed by atoms with Gasteiger partial charge in [-0.3, -0.25) is 4.79 Å². The number of sulfone groups is 1. The lowest BCUT2D eigenvalue weighted by molar-refractivity contribution is -0.225. The van der Waals surface area contributed by atoms with Crippen LogP contribution in [0.3, 0.4) is 0 Å². The Hall–Kier alpha value is -0.560. The third-order valence-electron chi connectivity index (χ3n) is 6.83. The molecule has 1 N–H and O–H groups in total. The first-order chi connectivity index (χ1) is 14.2. The molecule has 0 amide bonds. The quantitative estimate of drug-likeness (QED) is 0.491. The van der Waals surface area contributed by atoms with Gasteiger partial charge >= 0.3 is 5.92 Å². The highest BCUT2D eigenvalue weighted by Gasteiger charge is 2.63. The molecule has 0 aromatic rings. The summed E-state index contributed by atoms with van der Waals surface area (Å²) >= 11 is 0. The summed E-state index contributed by atoms with van der Waals surface area (Å²) in [4.78, 5) is 11.8. The minimum absolute atomic E-state index is 0.0467. The van der Waals surface area contributed by atoms with Crippen LogP contribution in [0.1, 0.15) is 107 Å². The number of hydrogen-bond donors (Lipinski definition) is 1. The lowest BCUT2D eigenvalue weighted by Gasteiger charge is -2.51. The summed E-state index contributed by atoms with van der Waals surface area (Å²) in [6, 6.07) is 0. The molecule has 0 bridgehead atoms. The van der Waals surface area contributed by atoms with E-state index in [1.807, 2.05) is 27.7 Å². The molecule has 0 aromatic heterocycles. The highest BCUT2D eigenvalue weighted by molar-refractivity contribution is 7.91. The number of hydrogen-bond acceptors (Lipinski definition) is 4. The van der Waals surface area contributed by atoms with Crippen molar-refractivity contribution >= 4 is 15.6 Å². The molecular weight excluding hydrogens is 434 g/mol. The summed E-state index contributed by atoms with van der Waals surface area (Å²) in [5.74, 6) is -4.77. The maximum absolute atomic E-state index is 14.4. The summed E-state index contributed by atoms with van der Waals surface area (Å²) < 4.78 is 52.0. The van der Waals surface area contributed by atoms with Gasteiger partial charge in [-0.15, -0.1) is 0 Å². The number of rotatable bonds is 6. The summed E-state index contributed by atoms with van der Waals surface area (Å²) in [6.07, 6.45) is 6.63. The number of carbonyl (C=O) groups is 1. The number of carbonyl (C=O) groups excluding carboxylic acids is 1. The Morgan fingerprint density at radius 1 is 0.938 bits per heavy atom. The topological polar surface area (TPSA) is 71.4 Å². The predicted molar refractivity (Wildman–Crippen MR) is 127 cm³/mol. The van der Waals surface area contributed by atoms with Gasteiger partial charge in [0.15, 0.2) is 9.84 Å². The van der Waals surface area contributed by atoms with Crippen molar-refractivity contribution in [2.45, 2.75) is 124 Å². The van der Waals surface area contributed by atoms with Crippen molar-refractivity contribution in [3.05, 3.63) is 0 Å². The van der Waals surface area contributed by atoms with E-state index < -0.39 is 43.9 Å². The Labute approximate surface area is 194 Å². The smallest absolute Gasteiger partial charge is 0.333 e. The van der Waals surface area contributed by atoms with Crippen LogP contribution in [0, 0.1) is 22.7 Å². The molecule has 0 unspecified atom stereocenters. The molecule has 2 rings (SSSR count).